The second kappa shape index (κ2) is 9.62. The summed E-state index contributed by atoms with van der Waals surface area (Å²) in [5, 5.41) is 2.71. The van der Waals surface area contributed by atoms with Crippen molar-refractivity contribution in [3.8, 4) is 11.5 Å². The molecule has 1 N–H and O–H groups in total. The van der Waals surface area contributed by atoms with Crippen molar-refractivity contribution in [3.63, 3.8) is 0 Å². The number of methoxy groups -OCH3 is 2. The number of carbonyl (C=O) groups excluding carboxylic acids is 2. The van der Waals surface area contributed by atoms with E-state index in [1.165, 1.54) is 19.8 Å². The van der Waals surface area contributed by atoms with E-state index in [2.05, 4.69) is 19.2 Å². The van der Waals surface area contributed by atoms with Gasteiger partial charge in [0.25, 0.3) is 5.91 Å². The molecule has 0 aliphatic heterocycles. The van der Waals surface area contributed by atoms with E-state index in [0.29, 0.717) is 17.4 Å². The molecule has 6 heteroatoms. The smallest absolute Gasteiger partial charge is 0.342 e. The van der Waals surface area contributed by atoms with Gasteiger partial charge in [-0.15, -0.1) is 0 Å². The van der Waals surface area contributed by atoms with Gasteiger partial charge in [0.2, 0.25) is 0 Å². The first-order chi connectivity index (χ1) is 13.0. The standard InChI is InChI=1S/C21H25NO5/c1-5-14(2)15-9-11-16(12-10-15)22-19(23)13-27-21(24)17-7-6-8-18(25-3)20(17)26-4/h6-12,14H,5,13H2,1-4H3,(H,22,23)/t14-/m0/s1. The minimum Gasteiger partial charge on any atom is -0.493 e. The van der Waals surface area contributed by atoms with Gasteiger partial charge in [-0.3, -0.25) is 4.79 Å². The molecule has 0 aliphatic carbocycles. The summed E-state index contributed by atoms with van der Waals surface area (Å²) < 4.78 is 15.5. The fourth-order valence-corrected chi connectivity index (χ4v) is 2.58. The van der Waals surface area contributed by atoms with Crippen LogP contribution in [-0.4, -0.2) is 32.7 Å². The molecule has 0 radical (unpaired) electrons. The number of esters is 1. The quantitative estimate of drug-likeness (QED) is 0.710. The number of amides is 1. The van der Waals surface area contributed by atoms with Crippen LogP contribution in [0, 0.1) is 0 Å². The molecule has 0 heterocycles. The number of para-hydroxylation sites is 1. The number of ether oxygens (including phenoxy) is 3. The zero-order valence-corrected chi connectivity index (χ0v) is 16.1. The van der Waals surface area contributed by atoms with E-state index >= 15 is 0 Å². The molecule has 6 nitrogen and oxygen atoms in total. The predicted octanol–water partition coefficient (Wildman–Crippen LogP) is 4.01. The van der Waals surface area contributed by atoms with Crippen molar-refractivity contribution in [2.75, 3.05) is 26.1 Å². The second-order valence-corrected chi connectivity index (χ2v) is 6.10. The van der Waals surface area contributed by atoms with Gasteiger partial charge < -0.3 is 19.5 Å². The van der Waals surface area contributed by atoms with Crippen LogP contribution in [0.1, 0.15) is 42.1 Å². The van der Waals surface area contributed by atoms with Crippen LogP contribution >= 0.6 is 0 Å². The molecule has 144 valence electrons. The highest BCUT2D eigenvalue weighted by Gasteiger charge is 2.18. The van der Waals surface area contributed by atoms with Crippen LogP contribution in [0.15, 0.2) is 42.5 Å². The van der Waals surface area contributed by atoms with Crippen molar-refractivity contribution in [2.45, 2.75) is 26.2 Å². The van der Waals surface area contributed by atoms with Gasteiger partial charge in [-0.2, -0.15) is 0 Å². The SMILES string of the molecule is CC[C@H](C)c1ccc(NC(=O)COC(=O)c2cccc(OC)c2OC)cc1. The molecular formula is C21H25NO5. The van der Waals surface area contributed by atoms with E-state index in [9.17, 15) is 9.59 Å². The second-order valence-electron chi connectivity index (χ2n) is 6.10. The zero-order valence-electron chi connectivity index (χ0n) is 16.1. The molecule has 1 amide bonds. The maximum Gasteiger partial charge on any atom is 0.342 e. The molecule has 1 atom stereocenters. The van der Waals surface area contributed by atoms with Gasteiger partial charge in [0.05, 0.1) is 14.2 Å². The van der Waals surface area contributed by atoms with Gasteiger partial charge in [0.15, 0.2) is 18.1 Å². The fraction of sp³-hybridized carbons (Fsp3) is 0.333. The number of carbonyl (C=O) groups is 2. The van der Waals surface area contributed by atoms with Gasteiger partial charge >= 0.3 is 5.97 Å². The lowest BCUT2D eigenvalue weighted by Gasteiger charge is -2.12. The number of nitrogens with one attached hydrogen (secondary N) is 1. The van der Waals surface area contributed by atoms with Crippen molar-refractivity contribution in [2.24, 2.45) is 0 Å². The average molecular weight is 371 g/mol. The van der Waals surface area contributed by atoms with Crippen molar-refractivity contribution < 1.29 is 23.8 Å². The van der Waals surface area contributed by atoms with E-state index in [-0.39, 0.29) is 11.3 Å². The lowest BCUT2D eigenvalue weighted by Crippen LogP contribution is -2.21. The maximum atomic E-state index is 12.3. The normalized spacial score (nSPS) is 11.4. The molecule has 0 saturated heterocycles. The Morgan fingerprint density at radius 2 is 1.74 bits per heavy atom. The van der Waals surface area contributed by atoms with Crippen LogP contribution in [-0.2, 0) is 9.53 Å². The van der Waals surface area contributed by atoms with Crippen LogP contribution in [0.5, 0.6) is 11.5 Å². The first-order valence-corrected chi connectivity index (χ1v) is 8.78. The average Bonchev–Trinajstić information content (AvgIpc) is 2.71. The van der Waals surface area contributed by atoms with Gasteiger partial charge in [0, 0.05) is 5.69 Å². The number of rotatable bonds is 8. The number of hydrogen-bond acceptors (Lipinski definition) is 5. The summed E-state index contributed by atoms with van der Waals surface area (Å²) in [7, 11) is 2.91. The van der Waals surface area contributed by atoms with E-state index in [1.807, 2.05) is 24.3 Å². The highest BCUT2D eigenvalue weighted by atomic mass is 16.5. The summed E-state index contributed by atoms with van der Waals surface area (Å²) in [5.41, 5.74) is 2.07. The molecule has 0 spiro atoms. The molecular weight excluding hydrogens is 346 g/mol. The van der Waals surface area contributed by atoms with Crippen LogP contribution in [0.25, 0.3) is 0 Å². The fourth-order valence-electron chi connectivity index (χ4n) is 2.58. The van der Waals surface area contributed by atoms with Crippen molar-refractivity contribution >= 4 is 17.6 Å². The van der Waals surface area contributed by atoms with Gasteiger partial charge in [-0.1, -0.05) is 32.0 Å². The Morgan fingerprint density at radius 3 is 2.33 bits per heavy atom. The highest BCUT2D eigenvalue weighted by molar-refractivity contribution is 5.97. The first kappa shape index (κ1) is 20.3. The topological polar surface area (TPSA) is 73.9 Å². The third kappa shape index (κ3) is 5.23. The minimum atomic E-state index is -0.659. The van der Waals surface area contributed by atoms with Crippen molar-refractivity contribution in [1.82, 2.24) is 0 Å². The number of hydrogen-bond donors (Lipinski definition) is 1. The van der Waals surface area contributed by atoms with Crippen LogP contribution in [0.3, 0.4) is 0 Å². The van der Waals surface area contributed by atoms with Gasteiger partial charge in [-0.25, -0.2) is 4.79 Å². The number of benzene rings is 2. The lowest BCUT2D eigenvalue weighted by atomic mass is 9.99. The third-order valence-corrected chi connectivity index (χ3v) is 4.33. The summed E-state index contributed by atoms with van der Waals surface area (Å²) in [6, 6.07) is 12.5. The molecule has 0 aliphatic rings. The summed E-state index contributed by atoms with van der Waals surface area (Å²) >= 11 is 0. The van der Waals surface area contributed by atoms with Gasteiger partial charge in [0.1, 0.15) is 5.56 Å². The Balaban J connectivity index is 1.95. The molecule has 0 fully saturated rings. The van der Waals surface area contributed by atoms with Crippen LogP contribution in [0.2, 0.25) is 0 Å². The van der Waals surface area contributed by atoms with E-state index in [1.54, 1.807) is 18.2 Å². The van der Waals surface area contributed by atoms with Crippen molar-refractivity contribution in [1.29, 1.82) is 0 Å². The monoisotopic (exact) mass is 371 g/mol. The Bertz CT molecular complexity index is 786. The number of anilines is 1. The minimum absolute atomic E-state index is 0.197. The van der Waals surface area contributed by atoms with Gasteiger partial charge in [-0.05, 0) is 42.2 Å². The molecule has 0 aromatic heterocycles. The maximum absolute atomic E-state index is 12.3. The summed E-state index contributed by atoms with van der Waals surface area (Å²) in [6.45, 7) is 3.89. The Morgan fingerprint density at radius 1 is 1.04 bits per heavy atom. The zero-order chi connectivity index (χ0) is 19.8. The van der Waals surface area contributed by atoms with E-state index in [4.69, 9.17) is 14.2 Å². The highest BCUT2D eigenvalue weighted by Crippen LogP contribution is 2.31. The molecule has 2 aromatic carbocycles. The third-order valence-electron chi connectivity index (χ3n) is 4.33. The molecule has 27 heavy (non-hydrogen) atoms. The molecule has 2 aromatic rings. The Hall–Kier alpha value is -3.02. The molecule has 0 saturated carbocycles. The largest absolute Gasteiger partial charge is 0.493 e. The Labute approximate surface area is 159 Å². The molecule has 0 unspecified atom stereocenters. The summed E-state index contributed by atoms with van der Waals surface area (Å²) in [5.74, 6) is 0.0758. The van der Waals surface area contributed by atoms with E-state index < -0.39 is 18.5 Å². The lowest BCUT2D eigenvalue weighted by molar-refractivity contribution is -0.119. The summed E-state index contributed by atoms with van der Waals surface area (Å²) in [4.78, 5) is 24.3. The Kier molecular flexibility index (Phi) is 7.23. The van der Waals surface area contributed by atoms with Crippen LogP contribution in [0.4, 0.5) is 5.69 Å². The van der Waals surface area contributed by atoms with Crippen molar-refractivity contribution in [3.05, 3.63) is 53.6 Å². The predicted molar refractivity (Wildman–Crippen MR) is 104 cm³/mol. The first-order valence-electron chi connectivity index (χ1n) is 8.78. The molecule has 0 bridgehead atoms. The summed E-state index contributed by atoms with van der Waals surface area (Å²) in [6.07, 6.45) is 1.05. The van der Waals surface area contributed by atoms with Crippen LogP contribution < -0.4 is 14.8 Å². The molecule has 2 rings (SSSR count). The van der Waals surface area contributed by atoms with E-state index in [0.717, 1.165) is 6.42 Å².